The minimum Gasteiger partial charge on any atom is -0.352 e. The number of nitrogens with one attached hydrogen (secondary N) is 1. The van der Waals surface area contributed by atoms with E-state index in [4.69, 9.17) is 0 Å². The zero-order chi connectivity index (χ0) is 18.4. The Hall–Kier alpha value is -1.61. The SMILES string of the molecule is CC1(C)[C@H]2CC[C@@]1(C)[C@@H](NC(=O)CN1CC=C(c3ccccc3)CC1)C2. The first-order valence-electron chi connectivity index (χ1n) is 10.2. The molecule has 3 aliphatic rings. The third-order valence-corrected chi connectivity index (χ3v) is 7.93. The maximum absolute atomic E-state index is 12.7. The van der Waals surface area contributed by atoms with E-state index >= 15 is 0 Å². The molecule has 0 aromatic heterocycles. The van der Waals surface area contributed by atoms with Crippen molar-refractivity contribution in [2.45, 2.75) is 52.5 Å². The van der Waals surface area contributed by atoms with Crippen molar-refractivity contribution >= 4 is 11.5 Å². The van der Waals surface area contributed by atoms with Crippen LogP contribution < -0.4 is 5.32 Å². The molecule has 1 heterocycles. The van der Waals surface area contributed by atoms with Crippen molar-refractivity contribution in [1.29, 1.82) is 0 Å². The van der Waals surface area contributed by atoms with Crippen molar-refractivity contribution in [2.24, 2.45) is 16.7 Å². The number of amides is 1. The summed E-state index contributed by atoms with van der Waals surface area (Å²) in [5.41, 5.74) is 3.33. The molecule has 1 aliphatic heterocycles. The van der Waals surface area contributed by atoms with Gasteiger partial charge in [-0.3, -0.25) is 9.69 Å². The first-order valence-corrected chi connectivity index (χ1v) is 10.2. The Bertz CT molecular complexity index is 708. The van der Waals surface area contributed by atoms with Gasteiger partial charge in [0.05, 0.1) is 6.54 Å². The van der Waals surface area contributed by atoms with Crippen molar-refractivity contribution in [2.75, 3.05) is 19.6 Å². The van der Waals surface area contributed by atoms with Crippen LogP contribution in [0.15, 0.2) is 36.4 Å². The van der Waals surface area contributed by atoms with Gasteiger partial charge in [-0.2, -0.15) is 0 Å². The Kier molecular flexibility index (Phi) is 4.46. The van der Waals surface area contributed by atoms with Gasteiger partial charge in [-0.25, -0.2) is 0 Å². The highest BCUT2D eigenvalue weighted by Crippen LogP contribution is 2.65. The van der Waals surface area contributed by atoms with Gasteiger partial charge in [-0.05, 0) is 53.6 Å². The van der Waals surface area contributed by atoms with Gasteiger partial charge in [-0.1, -0.05) is 57.2 Å². The molecule has 3 heteroatoms. The molecular formula is C23H32N2O. The van der Waals surface area contributed by atoms with Crippen LogP contribution in [0.1, 0.15) is 52.0 Å². The highest BCUT2D eigenvalue weighted by atomic mass is 16.2. The lowest BCUT2D eigenvalue weighted by Gasteiger charge is -2.39. The summed E-state index contributed by atoms with van der Waals surface area (Å²) in [5, 5.41) is 3.40. The fourth-order valence-electron chi connectivity index (χ4n) is 5.63. The third-order valence-electron chi connectivity index (χ3n) is 7.93. The van der Waals surface area contributed by atoms with Gasteiger partial charge < -0.3 is 5.32 Å². The molecule has 3 atom stereocenters. The minimum atomic E-state index is 0.205. The van der Waals surface area contributed by atoms with Crippen LogP contribution in [0.25, 0.3) is 5.57 Å². The number of hydrogen-bond acceptors (Lipinski definition) is 2. The zero-order valence-electron chi connectivity index (χ0n) is 16.4. The first-order chi connectivity index (χ1) is 12.4. The Morgan fingerprint density at radius 2 is 2.00 bits per heavy atom. The number of carbonyl (C=O) groups excluding carboxylic acids is 1. The first kappa shape index (κ1) is 17.8. The maximum atomic E-state index is 12.7. The van der Waals surface area contributed by atoms with Crippen LogP contribution in [0.2, 0.25) is 0 Å². The Balaban J connectivity index is 1.32. The third kappa shape index (κ3) is 2.90. The summed E-state index contributed by atoms with van der Waals surface area (Å²) in [6.07, 6.45) is 7.05. The summed E-state index contributed by atoms with van der Waals surface area (Å²) < 4.78 is 0. The number of fused-ring (bicyclic) bond motifs is 2. The molecule has 1 amide bonds. The molecule has 2 bridgehead atoms. The topological polar surface area (TPSA) is 32.3 Å². The van der Waals surface area contributed by atoms with Gasteiger partial charge in [0.2, 0.25) is 5.91 Å². The van der Waals surface area contributed by atoms with Crippen molar-refractivity contribution in [3.05, 3.63) is 42.0 Å². The lowest BCUT2D eigenvalue weighted by Crippen LogP contribution is -2.50. The highest BCUT2D eigenvalue weighted by Gasteiger charge is 2.61. The molecular weight excluding hydrogens is 320 g/mol. The summed E-state index contributed by atoms with van der Waals surface area (Å²) in [6, 6.07) is 10.9. The smallest absolute Gasteiger partial charge is 0.234 e. The molecule has 26 heavy (non-hydrogen) atoms. The predicted molar refractivity (Wildman–Crippen MR) is 107 cm³/mol. The molecule has 1 aromatic rings. The molecule has 0 unspecified atom stereocenters. The number of benzene rings is 1. The highest BCUT2D eigenvalue weighted by molar-refractivity contribution is 5.79. The summed E-state index contributed by atoms with van der Waals surface area (Å²) >= 11 is 0. The molecule has 2 saturated carbocycles. The van der Waals surface area contributed by atoms with Gasteiger partial charge in [0.15, 0.2) is 0 Å². The van der Waals surface area contributed by atoms with Crippen LogP contribution in [-0.2, 0) is 4.79 Å². The standard InChI is InChI=1S/C23H32N2O/c1-22(2)19-9-12-23(22,3)20(15-19)24-21(26)16-25-13-10-18(11-14-25)17-7-5-4-6-8-17/h4-8,10,19-20H,9,11-16H2,1-3H3,(H,24,26)/t19-,20-,23-/m0/s1. The average Bonchev–Trinajstić information content (AvgIpc) is 2.96. The van der Waals surface area contributed by atoms with Crippen LogP contribution in [0.4, 0.5) is 0 Å². The number of rotatable bonds is 4. The fourth-order valence-corrected chi connectivity index (χ4v) is 5.63. The predicted octanol–water partition coefficient (Wildman–Crippen LogP) is 4.11. The van der Waals surface area contributed by atoms with E-state index in [9.17, 15) is 4.79 Å². The van der Waals surface area contributed by atoms with E-state index in [1.807, 2.05) is 0 Å². The maximum Gasteiger partial charge on any atom is 0.234 e. The van der Waals surface area contributed by atoms with Crippen LogP contribution in [0.5, 0.6) is 0 Å². The molecule has 3 nitrogen and oxygen atoms in total. The molecule has 0 spiro atoms. The largest absolute Gasteiger partial charge is 0.352 e. The molecule has 0 radical (unpaired) electrons. The number of hydrogen-bond donors (Lipinski definition) is 1. The number of nitrogens with zero attached hydrogens (tertiary/aromatic N) is 1. The Labute approximate surface area is 157 Å². The van der Waals surface area contributed by atoms with Crippen molar-refractivity contribution in [3.63, 3.8) is 0 Å². The number of carbonyl (C=O) groups is 1. The van der Waals surface area contributed by atoms with Crippen LogP contribution >= 0.6 is 0 Å². The van der Waals surface area contributed by atoms with Gasteiger partial charge in [0.25, 0.3) is 0 Å². The van der Waals surface area contributed by atoms with Crippen LogP contribution in [0, 0.1) is 16.7 Å². The lowest BCUT2D eigenvalue weighted by atomic mass is 9.69. The monoisotopic (exact) mass is 352 g/mol. The second kappa shape index (κ2) is 6.53. The quantitative estimate of drug-likeness (QED) is 0.884. The van der Waals surface area contributed by atoms with E-state index in [-0.39, 0.29) is 11.3 Å². The van der Waals surface area contributed by atoms with Crippen molar-refractivity contribution in [1.82, 2.24) is 10.2 Å². The molecule has 140 valence electrons. The van der Waals surface area contributed by atoms with E-state index in [2.05, 4.69) is 67.4 Å². The van der Waals surface area contributed by atoms with Gasteiger partial charge in [0, 0.05) is 19.1 Å². The lowest BCUT2D eigenvalue weighted by molar-refractivity contribution is -0.123. The van der Waals surface area contributed by atoms with Crippen LogP contribution in [-0.4, -0.2) is 36.5 Å². The molecule has 1 N–H and O–H groups in total. The molecule has 1 aromatic carbocycles. The van der Waals surface area contributed by atoms with Crippen molar-refractivity contribution in [3.8, 4) is 0 Å². The summed E-state index contributed by atoms with van der Waals surface area (Å²) in [6.45, 7) is 9.55. The molecule has 4 rings (SSSR count). The molecule has 2 fully saturated rings. The zero-order valence-corrected chi connectivity index (χ0v) is 16.4. The normalized spacial score (nSPS) is 33.1. The Morgan fingerprint density at radius 3 is 2.58 bits per heavy atom. The van der Waals surface area contributed by atoms with E-state index in [1.165, 1.54) is 24.0 Å². The van der Waals surface area contributed by atoms with E-state index < -0.39 is 0 Å². The fraction of sp³-hybridized carbons (Fsp3) is 0.609. The van der Waals surface area contributed by atoms with Crippen LogP contribution in [0.3, 0.4) is 0 Å². The van der Waals surface area contributed by atoms with Gasteiger partial charge >= 0.3 is 0 Å². The summed E-state index contributed by atoms with van der Waals surface area (Å²) in [7, 11) is 0. The van der Waals surface area contributed by atoms with Crippen molar-refractivity contribution < 1.29 is 4.79 Å². The molecule has 0 saturated heterocycles. The molecule has 2 aliphatic carbocycles. The average molecular weight is 353 g/mol. The second-order valence-electron chi connectivity index (χ2n) is 9.31. The van der Waals surface area contributed by atoms with E-state index in [1.54, 1.807) is 0 Å². The second-order valence-corrected chi connectivity index (χ2v) is 9.31. The van der Waals surface area contributed by atoms with E-state index in [0.29, 0.717) is 18.0 Å². The Morgan fingerprint density at radius 1 is 1.23 bits per heavy atom. The van der Waals surface area contributed by atoms with E-state index in [0.717, 1.165) is 31.8 Å². The summed E-state index contributed by atoms with van der Waals surface area (Å²) in [4.78, 5) is 14.9. The summed E-state index contributed by atoms with van der Waals surface area (Å²) in [5.74, 6) is 0.972. The van der Waals surface area contributed by atoms with Gasteiger partial charge in [0.1, 0.15) is 0 Å². The minimum absolute atomic E-state index is 0.205. The van der Waals surface area contributed by atoms with Gasteiger partial charge in [-0.15, -0.1) is 0 Å².